The summed E-state index contributed by atoms with van der Waals surface area (Å²) < 4.78 is 37.1. The van der Waals surface area contributed by atoms with Crippen molar-refractivity contribution in [2.75, 3.05) is 7.11 Å². The molecule has 1 aliphatic rings. The fourth-order valence-electron chi connectivity index (χ4n) is 2.65. The number of furan rings is 1. The predicted octanol–water partition coefficient (Wildman–Crippen LogP) is 1.88. The highest BCUT2D eigenvalue weighted by Crippen LogP contribution is 2.21. The molecule has 0 atom stereocenters. The zero-order valence-corrected chi connectivity index (χ0v) is 15.4. The quantitative estimate of drug-likeness (QED) is 0.761. The largest absolute Gasteiger partial charge is 0.463 e. The van der Waals surface area contributed by atoms with E-state index in [1.807, 2.05) is 18.2 Å². The Labute approximate surface area is 152 Å². The molecular formula is C16H19ClN2O5S. The Morgan fingerprint density at radius 3 is 2.72 bits per heavy atom. The SMILES string of the molecule is COC(=O)c1cc(S(=O)(=O)NCc2ccc3c(c2)CNC3)c(C)o1.Cl. The average Bonchev–Trinajstić information content (AvgIpc) is 3.18. The summed E-state index contributed by atoms with van der Waals surface area (Å²) in [5, 5.41) is 3.24. The minimum absolute atomic E-state index is 0. The van der Waals surface area contributed by atoms with Gasteiger partial charge in [0.2, 0.25) is 15.8 Å². The molecule has 0 aliphatic carbocycles. The number of benzene rings is 1. The number of methoxy groups -OCH3 is 1. The summed E-state index contributed by atoms with van der Waals surface area (Å²) in [4.78, 5) is 11.4. The highest BCUT2D eigenvalue weighted by Gasteiger charge is 2.24. The monoisotopic (exact) mass is 386 g/mol. The van der Waals surface area contributed by atoms with Gasteiger partial charge in [-0.3, -0.25) is 0 Å². The molecule has 3 rings (SSSR count). The molecular weight excluding hydrogens is 368 g/mol. The molecule has 25 heavy (non-hydrogen) atoms. The van der Waals surface area contributed by atoms with Crippen molar-refractivity contribution in [3.63, 3.8) is 0 Å². The lowest BCUT2D eigenvalue weighted by Crippen LogP contribution is -2.23. The zero-order valence-electron chi connectivity index (χ0n) is 13.8. The Hall–Kier alpha value is -1.87. The van der Waals surface area contributed by atoms with Crippen LogP contribution < -0.4 is 10.0 Å². The molecule has 2 aromatic rings. The number of nitrogens with one attached hydrogen (secondary N) is 2. The number of aryl methyl sites for hydroxylation is 1. The van der Waals surface area contributed by atoms with Gasteiger partial charge in [-0.15, -0.1) is 12.4 Å². The van der Waals surface area contributed by atoms with E-state index < -0.39 is 16.0 Å². The minimum Gasteiger partial charge on any atom is -0.463 e. The second-order valence-electron chi connectivity index (χ2n) is 5.55. The van der Waals surface area contributed by atoms with Gasteiger partial charge >= 0.3 is 5.97 Å². The number of fused-ring (bicyclic) bond motifs is 1. The van der Waals surface area contributed by atoms with Crippen LogP contribution in [0.4, 0.5) is 0 Å². The Morgan fingerprint density at radius 1 is 1.28 bits per heavy atom. The van der Waals surface area contributed by atoms with E-state index in [4.69, 9.17) is 4.42 Å². The maximum atomic E-state index is 12.4. The highest BCUT2D eigenvalue weighted by atomic mass is 35.5. The van der Waals surface area contributed by atoms with Gasteiger partial charge in [0, 0.05) is 25.7 Å². The van der Waals surface area contributed by atoms with Crippen molar-refractivity contribution in [2.24, 2.45) is 0 Å². The number of rotatable bonds is 5. The van der Waals surface area contributed by atoms with Gasteiger partial charge < -0.3 is 14.5 Å². The van der Waals surface area contributed by atoms with Crippen LogP contribution in [0.5, 0.6) is 0 Å². The van der Waals surface area contributed by atoms with Crippen molar-refractivity contribution in [2.45, 2.75) is 31.5 Å². The summed E-state index contributed by atoms with van der Waals surface area (Å²) in [6.07, 6.45) is 0. The van der Waals surface area contributed by atoms with Crippen LogP contribution in [0.15, 0.2) is 33.6 Å². The second kappa shape index (κ2) is 7.57. The van der Waals surface area contributed by atoms with Crippen LogP contribution >= 0.6 is 12.4 Å². The molecule has 0 unspecified atom stereocenters. The van der Waals surface area contributed by atoms with Crippen LogP contribution in [-0.2, 0) is 34.4 Å². The fourth-order valence-corrected chi connectivity index (χ4v) is 3.84. The van der Waals surface area contributed by atoms with Crippen molar-refractivity contribution in [3.05, 3.63) is 52.5 Å². The number of carbonyl (C=O) groups is 1. The topological polar surface area (TPSA) is 97.6 Å². The van der Waals surface area contributed by atoms with Gasteiger partial charge in [-0.05, 0) is 23.6 Å². The molecule has 1 aliphatic heterocycles. The number of esters is 1. The maximum absolute atomic E-state index is 12.4. The van der Waals surface area contributed by atoms with E-state index in [1.165, 1.54) is 31.2 Å². The number of hydrogen-bond donors (Lipinski definition) is 2. The molecule has 0 bridgehead atoms. The number of halogens is 1. The summed E-state index contributed by atoms with van der Waals surface area (Å²) in [6.45, 7) is 3.28. The van der Waals surface area contributed by atoms with Gasteiger partial charge in [-0.25, -0.2) is 17.9 Å². The van der Waals surface area contributed by atoms with Crippen molar-refractivity contribution >= 4 is 28.4 Å². The lowest BCUT2D eigenvalue weighted by atomic mass is 10.1. The molecule has 0 saturated carbocycles. The molecule has 1 aromatic heterocycles. The van der Waals surface area contributed by atoms with Crippen LogP contribution in [0.1, 0.15) is 33.0 Å². The molecule has 0 saturated heterocycles. The van der Waals surface area contributed by atoms with Crippen molar-refractivity contribution in [3.8, 4) is 0 Å². The first kappa shape index (κ1) is 19.5. The number of sulfonamides is 1. The fraction of sp³-hybridized carbons (Fsp3) is 0.312. The zero-order chi connectivity index (χ0) is 17.3. The lowest BCUT2D eigenvalue weighted by molar-refractivity contribution is 0.0563. The Kier molecular flexibility index (Phi) is 5.89. The average molecular weight is 387 g/mol. The standard InChI is InChI=1S/C16H18N2O5S.ClH/c1-10-15(6-14(23-10)16(19)22-2)24(20,21)18-7-11-3-4-12-8-17-9-13(12)5-11;/h3-6,17-18H,7-9H2,1-2H3;1H. The van der Waals surface area contributed by atoms with Crippen LogP contribution in [0.25, 0.3) is 0 Å². The van der Waals surface area contributed by atoms with E-state index in [0.717, 1.165) is 18.7 Å². The number of hydrogen-bond acceptors (Lipinski definition) is 6. The summed E-state index contributed by atoms with van der Waals surface area (Å²) in [7, 11) is -2.59. The van der Waals surface area contributed by atoms with Gasteiger partial charge in [-0.1, -0.05) is 18.2 Å². The van der Waals surface area contributed by atoms with Gasteiger partial charge in [0.05, 0.1) is 7.11 Å². The lowest BCUT2D eigenvalue weighted by Gasteiger charge is -2.07. The van der Waals surface area contributed by atoms with Crippen LogP contribution in [-0.4, -0.2) is 21.5 Å². The molecule has 0 radical (unpaired) electrons. The maximum Gasteiger partial charge on any atom is 0.373 e. The molecule has 0 amide bonds. The first-order chi connectivity index (χ1) is 11.4. The second-order valence-corrected chi connectivity index (χ2v) is 7.29. The smallest absolute Gasteiger partial charge is 0.373 e. The molecule has 2 heterocycles. The summed E-state index contributed by atoms with van der Waals surface area (Å²) in [6, 6.07) is 7.06. The van der Waals surface area contributed by atoms with E-state index in [0.29, 0.717) is 0 Å². The van der Waals surface area contributed by atoms with Gasteiger partial charge in [0.15, 0.2) is 0 Å². The normalized spacial score (nSPS) is 13.2. The van der Waals surface area contributed by atoms with Crippen LogP contribution in [0.3, 0.4) is 0 Å². The third-order valence-corrected chi connectivity index (χ3v) is 5.42. The first-order valence-electron chi connectivity index (χ1n) is 7.40. The molecule has 0 spiro atoms. The van der Waals surface area contributed by atoms with Crippen molar-refractivity contribution < 1.29 is 22.4 Å². The van der Waals surface area contributed by atoms with E-state index in [1.54, 1.807) is 0 Å². The predicted molar refractivity (Wildman–Crippen MR) is 93.0 cm³/mol. The molecule has 7 nitrogen and oxygen atoms in total. The summed E-state index contributed by atoms with van der Waals surface area (Å²) in [5.74, 6) is -0.717. The molecule has 0 fully saturated rings. The van der Waals surface area contributed by atoms with E-state index in [9.17, 15) is 13.2 Å². The van der Waals surface area contributed by atoms with Gasteiger partial charge in [0.25, 0.3) is 0 Å². The minimum atomic E-state index is -3.79. The van der Waals surface area contributed by atoms with E-state index in [-0.39, 0.29) is 35.4 Å². The molecule has 9 heteroatoms. The molecule has 2 N–H and O–H groups in total. The third-order valence-electron chi connectivity index (χ3n) is 3.92. The van der Waals surface area contributed by atoms with Gasteiger partial charge in [0.1, 0.15) is 10.7 Å². The third kappa shape index (κ3) is 4.04. The summed E-state index contributed by atoms with van der Waals surface area (Å²) in [5.41, 5.74) is 3.28. The molecule has 136 valence electrons. The Balaban J connectivity index is 0.00000225. The van der Waals surface area contributed by atoms with Crippen LogP contribution in [0.2, 0.25) is 0 Å². The van der Waals surface area contributed by atoms with E-state index >= 15 is 0 Å². The van der Waals surface area contributed by atoms with Crippen LogP contribution in [0, 0.1) is 6.92 Å². The van der Waals surface area contributed by atoms with Gasteiger partial charge in [-0.2, -0.15) is 0 Å². The van der Waals surface area contributed by atoms with Crippen molar-refractivity contribution in [1.82, 2.24) is 10.0 Å². The van der Waals surface area contributed by atoms with Crippen molar-refractivity contribution in [1.29, 1.82) is 0 Å². The number of carbonyl (C=O) groups excluding carboxylic acids is 1. The molecule has 1 aromatic carbocycles. The highest BCUT2D eigenvalue weighted by molar-refractivity contribution is 7.89. The van der Waals surface area contributed by atoms with E-state index in [2.05, 4.69) is 14.8 Å². The summed E-state index contributed by atoms with van der Waals surface area (Å²) >= 11 is 0. The number of ether oxygens (including phenoxy) is 1. The Bertz CT molecular complexity index is 892. The first-order valence-corrected chi connectivity index (χ1v) is 8.89. The Morgan fingerprint density at radius 2 is 2.00 bits per heavy atom.